The molecule has 0 bridgehead atoms. The van der Waals surface area contributed by atoms with Gasteiger partial charge in [-0.25, -0.2) is 14.4 Å². The molecule has 3 aromatic heterocycles. The van der Waals surface area contributed by atoms with Crippen molar-refractivity contribution in [3.63, 3.8) is 0 Å². The molecule has 210 valence electrons. The number of hydrogen-bond acceptors (Lipinski definition) is 7. The molecule has 0 fully saturated rings. The smallest absolute Gasteiger partial charge is 0.246 e. The van der Waals surface area contributed by atoms with Crippen LogP contribution in [0.2, 0.25) is 0 Å². The first-order valence-electron chi connectivity index (χ1n) is 13.9. The van der Waals surface area contributed by atoms with E-state index in [0.717, 1.165) is 69.1 Å². The molecule has 8 nitrogen and oxygen atoms in total. The second kappa shape index (κ2) is 11.8. The van der Waals surface area contributed by atoms with E-state index >= 15 is 0 Å². The van der Waals surface area contributed by atoms with Gasteiger partial charge in [-0.2, -0.15) is 5.10 Å². The topological polar surface area (TPSA) is 79.2 Å². The third kappa shape index (κ3) is 5.71. The van der Waals surface area contributed by atoms with Gasteiger partial charge in [-0.05, 0) is 61.0 Å². The summed E-state index contributed by atoms with van der Waals surface area (Å²) in [5, 5.41) is 10.0. The highest BCUT2D eigenvalue weighted by molar-refractivity contribution is 7.19. The number of rotatable bonds is 9. The summed E-state index contributed by atoms with van der Waals surface area (Å²) in [6.45, 7) is 8.71. The molecule has 1 aliphatic heterocycles. The number of carbonyl (C=O) groups is 1. The number of anilines is 2. The first-order valence-corrected chi connectivity index (χ1v) is 14.7. The Kier molecular flexibility index (Phi) is 7.76. The Hall–Kier alpha value is -4.15. The van der Waals surface area contributed by atoms with Crippen LogP contribution in [0.15, 0.2) is 67.1 Å². The molecule has 41 heavy (non-hydrogen) atoms. The summed E-state index contributed by atoms with van der Waals surface area (Å²) in [6.07, 6.45) is 7.84. The molecule has 5 aromatic rings. The molecule has 10 heteroatoms. The number of halogens is 1. The number of nitrogens with zero attached hydrogens (tertiary/aromatic N) is 6. The minimum Gasteiger partial charge on any atom is -0.340 e. The molecule has 0 saturated heterocycles. The lowest BCUT2D eigenvalue weighted by molar-refractivity contribution is -0.126. The van der Waals surface area contributed by atoms with Crippen LogP contribution in [0.4, 0.5) is 15.9 Å². The normalized spacial score (nSPS) is 13.5. The van der Waals surface area contributed by atoms with Crippen molar-refractivity contribution in [2.75, 3.05) is 31.5 Å². The van der Waals surface area contributed by atoms with Crippen LogP contribution in [0.25, 0.3) is 21.1 Å². The maximum absolute atomic E-state index is 13.6. The van der Waals surface area contributed by atoms with Crippen LogP contribution in [0.3, 0.4) is 0 Å². The van der Waals surface area contributed by atoms with Crippen molar-refractivity contribution < 1.29 is 9.18 Å². The number of likely N-dealkylation sites (N-methyl/N-ethyl adjacent to an activating group) is 1. The van der Waals surface area contributed by atoms with Gasteiger partial charge in [0.15, 0.2) is 0 Å². The van der Waals surface area contributed by atoms with Crippen molar-refractivity contribution in [1.29, 1.82) is 0 Å². The molecular formula is C31H32FN7OS. The van der Waals surface area contributed by atoms with Gasteiger partial charge in [0.2, 0.25) is 5.91 Å². The highest BCUT2D eigenvalue weighted by atomic mass is 32.1. The van der Waals surface area contributed by atoms with E-state index in [0.29, 0.717) is 19.6 Å². The SMILES string of the molecule is CCN(CC)CC=CC(=O)N1CCc2c(sc3ncnc(Nc4ccc5c(cnn5Cc5cccc(F)c5)c4)c23)C1. The highest BCUT2D eigenvalue weighted by Gasteiger charge is 2.25. The van der Waals surface area contributed by atoms with Crippen molar-refractivity contribution >= 4 is 49.9 Å². The summed E-state index contributed by atoms with van der Waals surface area (Å²) in [5.74, 6) is 0.563. The van der Waals surface area contributed by atoms with E-state index < -0.39 is 0 Å². The Morgan fingerprint density at radius 3 is 2.88 bits per heavy atom. The molecule has 0 spiro atoms. The van der Waals surface area contributed by atoms with Crippen molar-refractivity contribution in [2.24, 2.45) is 0 Å². The lowest BCUT2D eigenvalue weighted by Gasteiger charge is -2.26. The molecule has 2 aromatic carbocycles. The highest BCUT2D eigenvalue weighted by Crippen LogP contribution is 2.38. The first-order chi connectivity index (χ1) is 20.0. The van der Waals surface area contributed by atoms with Crippen LogP contribution in [0.1, 0.15) is 29.9 Å². The van der Waals surface area contributed by atoms with Crippen LogP contribution >= 0.6 is 11.3 Å². The molecule has 1 N–H and O–H groups in total. The zero-order valence-electron chi connectivity index (χ0n) is 23.2. The maximum atomic E-state index is 13.6. The standard InChI is InChI=1S/C31H32FN7OS/c1-3-37(4-2)13-6-9-28(40)38-14-12-25-27(19-38)41-31-29(25)30(33-20-34-31)36-24-10-11-26-22(16-24)17-35-39(26)18-21-7-5-8-23(32)15-21/h5-11,15-17,20H,3-4,12-14,18-19H2,1-2H3,(H,33,34,36). The fourth-order valence-electron chi connectivity index (χ4n) is 5.34. The van der Waals surface area contributed by atoms with Gasteiger partial charge in [0.05, 0.1) is 30.2 Å². The van der Waals surface area contributed by atoms with Crippen molar-refractivity contribution in [3.8, 4) is 0 Å². The van der Waals surface area contributed by atoms with E-state index in [1.54, 1.807) is 29.8 Å². The fourth-order valence-corrected chi connectivity index (χ4v) is 6.54. The minimum atomic E-state index is -0.251. The van der Waals surface area contributed by atoms with Crippen LogP contribution in [-0.2, 0) is 24.3 Å². The molecule has 0 aliphatic carbocycles. The Morgan fingerprint density at radius 2 is 2.05 bits per heavy atom. The number of hydrogen-bond donors (Lipinski definition) is 1. The lowest BCUT2D eigenvalue weighted by atomic mass is 10.0. The molecule has 4 heterocycles. The quantitative estimate of drug-likeness (QED) is 0.228. The Balaban J connectivity index is 1.20. The second-order valence-electron chi connectivity index (χ2n) is 10.1. The zero-order chi connectivity index (χ0) is 28.3. The van der Waals surface area contributed by atoms with Crippen LogP contribution in [0, 0.1) is 5.82 Å². The summed E-state index contributed by atoms with van der Waals surface area (Å²) in [6, 6.07) is 12.7. The second-order valence-corrected chi connectivity index (χ2v) is 11.2. The summed E-state index contributed by atoms with van der Waals surface area (Å²) >= 11 is 1.63. The van der Waals surface area contributed by atoms with Gasteiger partial charge in [0.25, 0.3) is 0 Å². The molecule has 0 radical (unpaired) electrons. The van der Waals surface area contributed by atoms with Gasteiger partial charge in [-0.15, -0.1) is 11.3 Å². The molecule has 0 unspecified atom stereocenters. The lowest BCUT2D eigenvalue weighted by Crippen LogP contribution is -2.34. The van der Waals surface area contributed by atoms with E-state index in [2.05, 4.69) is 39.1 Å². The van der Waals surface area contributed by atoms with Crippen molar-refractivity contribution in [3.05, 3.63) is 89.0 Å². The number of nitrogens with one attached hydrogen (secondary N) is 1. The molecule has 6 rings (SSSR count). The van der Waals surface area contributed by atoms with Gasteiger partial charge >= 0.3 is 0 Å². The molecule has 0 saturated carbocycles. The van der Waals surface area contributed by atoms with Crippen LogP contribution in [0.5, 0.6) is 0 Å². The molecule has 0 atom stereocenters. The Morgan fingerprint density at radius 1 is 1.17 bits per heavy atom. The Bertz CT molecular complexity index is 1740. The third-order valence-electron chi connectivity index (χ3n) is 7.59. The van der Waals surface area contributed by atoms with Gasteiger partial charge in [0, 0.05) is 35.1 Å². The summed E-state index contributed by atoms with van der Waals surface area (Å²) in [5.41, 5.74) is 3.94. The number of benzene rings is 2. The summed E-state index contributed by atoms with van der Waals surface area (Å²) in [7, 11) is 0. The summed E-state index contributed by atoms with van der Waals surface area (Å²) in [4.78, 5) is 28.3. The van der Waals surface area contributed by atoms with E-state index in [-0.39, 0.29) is 11.7 Å². The van der Waals surface area contributed by atoms with Gasteiger partial charge in [0.1, 0.15) is 22.8 Å². The van der Waals surface area contributed by atoms with Crippen LogP contribution < -0.4 is 5.32 Å². The predicted molar refractivity (Wildman–Crippen MR) is 162 cm³/mol. The first kappa shape index (κ1) is 27.0. The number of amides is 1. The van der Waals surface area contributed by atoms with Crippen molar-refractivity contribution in [1.82, 2.24) is 29.5 Å². The van der Waals surface area contributed by atoms with E-state index in [9.17, 15) is 9.18 Å². The average Bonchev–Trinajstić information content (AvgIpc) is 3.56. The monoisotopic (exact) mass is 569 g/mol. The largest absolute Gasteiger partial charge is 0.340 e. The zero-order valence-corrected chi connectivity index (χ0v) is 24.0. The number of thiophene rings is 1. The van der Waals surface area contributed by atoms with Gasteiger partial charge in [-0.1, -0.05) is 32.1 Å². The number of carbonyl (C=O) groups excluding carboxylic acids is 1. The van der Waals surface area contributed by atoms with Crippen LogP contribution in [-0.4, -0.2) is 61.6 Å². The Labute approximate surface area is 242 Å². The third-order valence-corrected chi connectivity index (χ3v) is 8.72. The predicted octanol–water partition coefficient (Wildman–Crippen LogP) is 5.75. The summed E-state index contributed by atoms with van der Waals surface area (Å²) < 4.78 is 15.5. The van der Waals surface area contributed by atoms with E-state index in [1.807, 2.05) is 46.1 Å². The van der Waals surface area contributed by atoms with Crippen molar-refractivity contribution in [2.45, 2.75) is 33.4 Å². The fraction of sp³-hybridized carbons (Fsp3) is 0.290. The maximum Gasteiger partial charge on any atom is 0.246 e. The molecule has 1 aliphatic rings. The van der Waals surface area contributed by atoms with Gasteiger partial charge < -0.3 is 15.1 Å². The number of fused-ring (bicyclic) bond motifs is 4. The van der Waals surface area contributed by atoms with E-state index in [1.165, 1.54) is 17.7 Å². The average molecular weight is 570 g/mol. The molecule has 1 amide bonds. The molecular weight excluding hydrogens is 537 g/mol. The number of aromatic nitrogens is 4. The minimum absolute atomic E-state index is 0.0518. The van der Waals surface area contributed by atoms with E-state index in [4.69, 9.17) is 0 Å². The van der Waals surface area contributed by atoms with Gasteiger partial charge in [-0.3, -0.25) is 9.48 Å².